The third kappa shape index (κ3) is 2.53. The summed E-state index contributed by atoms with van der Waals surface area (Å²) in [4.78, 5) is 23.3. The predicted molar refractivity (Wildman–Crippen MR) is 77.3 cm³/mol. The molecule has 20 heavy (non-hydrogen) atoms. The van der Waals surface area contributed by atoms with Crippen LogP contribution in [-0.2, 0) is 13.6 Å². The zero-order valence-electron chi connectivity index (χ0n) is 10.7. The summed E-state index contributed by atoms with van der Waals surface area (Å²) in [6, 6.07) is 4.58. The maximum Gasteiger partial charge on any atom is 0.316 e. The Hall–Kier alpha value is -2.28. The largest absolute Gasteiger partial charge is 0.389 e. The lowest BCUT2D eigenvalue weighted by Gasteiger charge is -2.09. The average Bonchev–Trinajstić information content (AvgIpc) is 2.41. The van der Waals surface area contributed by atoms with Crippen molar-refractivity contribution >= 4 is 17.2 Å². The highest BCUT2D eigenvalue weighted by Gasteiger charge is 2.11. The van der Waals surface area contributed by atoms with Crippen LogP contribution in [0.1, 0.15) is 11.1 Å². The molecule has 0 amide bonds. The van der Waals surface area contributed by atoms with E-state index in [0.717, 1.165) is 4.57 Å². The van der Waals surface area contributed by atoms with Crippen LogP contribution in [-0.4, -0.2) is 14.1 Å². The number of nitrogens with zero attached hydrogens (tertiary/aromatic N) is 2. The summed E-state index contributed by atoms with van der Waals surface area (Å²) in [6.07, 6.45) is 2.87. The Kier molecular flexibility index (Phi) is 3.80. The van der Waals surface area contributed by atoms with Gasteiger partial charge in [-0.2, -0.15) is 0 Å². The molecule has 0 fully saturated rings. The van der Waals surface area contributed by atoms with E-state index in [4.69, 9.17) is 18.0 Å². The lowest BCUT2D eigenvalue weighted by Crippen LogP contribution is -2.39. The summed E-state index contributed by atoms with van der Waals surface area (Å²) >= 11 is 4.75. The molecule has 0 bridgehead atoms. The molecule has 0 saturated carbocycles. The first-order valence-electron chi connectivity index (χ1n) is 5.75. The number of halogens is 1. The predicted octanol–water partition coefficient (Wildman–Crippen LogP) is 0.369. The van der Waals surface area contributed by atoms with Crippen LogP contribution in [0, 0.1) is 5.82 Å². The molecule has 7 heteroatoms. The Morgan fingerprint density at radius 3 is 2.65 bits per heavy atom. The smallest absolute Gasteiger partial charge is 0.316 e. The summed E-state index contributed by atoms with van der Waals surface area (Å²) in [5.41, 5.74) is 4.40. The van der Waals surface area contributed by atoms with Crippen LogP contribution < -0.4 is 16.9 Å². The Labute approximate surface area is 119 Å². The molecule has 0 radical (unpaired) electrons. The molecule has 0 unspecified atom stereocenters. The molecule has 0 aliphatic heterocycles. The van der Waals surface area contributed by atoms with Gasteiger partial charge in [-0.3, -0.25) is 9.59 Å². The van der Waals surface area contributed by atoms with Gasteiger partial charge in [-0.25, -0.2) is 4.39 Å². The molecule has 1 heterocycles. The molecule has 2 aromatic rings. The van der Waals surface area contributed by atoms with Gasteiger partial charge in [-0.05, 0) is 6.07 Å². The first-order chi connectivity index (χ1) is 9.41. The highest BCUT2D eigenvalue weighted by atomic mass is 32.1. The van der Waals surface area contributed by atoms with Crippen molar-refractivity contribution in [3.05, 3.63) is 68.2 Å². The second-order valence-electron chi connectivity index (χ2n) is 4.29. The quantitative estimate of drug-likeness (QED) is 0.655. The molecular weight excluding hydrogens is 281 g/mol. The summed E-state index contributed by atoms with van der Waals surface area (Å²) in [6.45, 7) is -0.0583. The first-order valence-corrected chi connectivity index (χ1v) is 6.16. The molecule has 0 aliphatic carbocycles. The molecule has 0 aliphatic rings. The van der Waals surface area contributed by atoms with Gasteiger partial charge in [-0.15, -0.1) is 0 Å². The van der Waals surface area contributed by atoms with Crippen LogP contribution >= 0.6 is 12.2 Å². The van der Waals surface area contributed by atoms with Crippen molar-refractivity contribution in [3.8, 4) is 0 Å². The number of hydrogen-bond donors (Lipinski definition) is 1. The SMILES string of the molecule is Cn1ccn(Cc2cccc(C(N)=S)c2F)c(=O)c1=O. The van der Waals surface area contributed by atoms with Gasteiger partial charge in [0.1, 0.15) is 10.8 Å². The maximum atomic E-state index is 14.2. The van der Waals surface area contributed by atoms with Crippen molar-refractivity contribution in [3.63, 3.8) is 0 Å². The van der Waals surface area contributed by atoms with Crippen LogP contribution in [0.15, 0.2) is 40.2 Å². The minimum Gasteiger partial charge on any atom is -0.389 e. The van der Waals surface area contributed by atoms with Gasteiger partial charge in [0, 0.05) is 30.6 Å². The minimum atomic E-state index is -0.713. The second kappa shape index (κ2) is 5.38. The van der Waals surface area contributed by atoms with E-state index in [1.54, 1.807) is 6.07 Å². The summed E-state index contributed by atoms with van der Waals surface area (Å²) in [5, 5.41) is 0. The molecule has 5 nitrogen and oxygen atoms in total. The van der Waals surface area contributed by atoms with Gasteiger partial charge in [0.05, 0.1) is 6.54 Å². The molecule has 1 aromatic heterocycles. The van der Waals surface area contributed by atoms with E-state index in [9.17, 15) is 14.0 Å². The number of benzene rings is 1. The van der Waals surface area contributed by atoms with Crippen molar-refractivity contribution in [1.29, 1.82) is 0 Å². The van der Waals surface area contributed by atoms with Crippen LogP contribution in [0.25, 0.3) is 0 Å². The topological polar surface area (TPSA) is 70.0 Å². The monoisotopic (exact) mass is 293 g/mol. The van der Waals surface area contributed by atoms with Gasteiger partial charge in [0.25, 0.3) is 0 Å². The third-order valence-corrected chi connectivity index (χ3v) is 3.14. The lowest BCUT2D eigenvalue weighted by atomic mass is 10.1. The number of hydrogen-bond acceptors (Lipinski definition) is 3. The molecule has 0 spiro atoms. The first kappa shape index (κ1) is 14.1. The van der Waals surface area contributed by atoms with Crippen molar-refractivity contribution in [2.24, 2.45) is 12.8 Å². The second-order valence-corrected chi connectivity index (χ2v) is 4.73. The number of thiocarbonyl (C=S) groups is 1. The summed E-state index contributed by atoms with van der Waals surface area (Å²) in [7, 11) is 1.47. The van der Waals surface area contributed by atoms with E-state index in [0.29, 0.717) is 0 Å². The molecule has 1 aromatic carbocycles. The molecule has 2 rings (SSSR count). The van der Waals surface area contributed by atoms with E-state index in [2.05, 4.69) is 0 Å². The standard InChI is InChI=1S/C13H12FN3O2S/c1-16-5-6-17(13(19)12(16)18)7-8-3-2-4-9(10(8)14)11(15)20/h2-6H,7H2,1H3,(H2,15,20). The van der Waals surface area contributed by atoms with Crippen molar-refractivity contribution in [2.75, 3.05) is 0 Å². The van der Waals surface area contributed by atoms with Gasteiger partial charge in [0.15, 0.2) is 0 Å². The Balaban J connectivity index is 2.49. The fourth-order valence-electron chi connectivity index (χ4n) is 1.79. The molecule has 0 atom stereocenters. The number of nitrogens with two attached hydrogens (primary N) is 1. The van der Waals surface area contributed by atoms with Crippen LogP contribution in [0.2, 0.25) is 0 Å². The van der Waals surface area contributed by atoms with Crippen LogP contribution in [0.4, 0.5) is 4.39 Å². The molecule has 2 N–H and O–H groups in total. The van der Waals surface area contributed by atoms with Crippen molar-refractivity contribution in [1.82, 2.24) is 9.13 Å². The highest BCUT2D eigenvalue weighted by Crippen LogP contribution is 2.13. The van der Waals surface area contributed by atoms with Crippen LogP contribution in [0.5, 0.6) is 0 Å². The third-order valence-electron chi connectivity index (χ3n) is 2.92. The van der Waals surface area contributed by atoms with E-state index in [1.165, 1.54) is 36.1 Å². The molecule has 104 valence electrons. The maximum absolute atomic E-state index is 14.2. The number of rotatable bonds is 3. The summed E-state index contributed by atoms with van der Waals surface area (Å²) < 4.78 is 16.5. The van der Waals surface area contributed by atoms with Gasteiger partial charge in [-0.1, -0.05) is 24.4 Å². The van der Waals surface area contributed by atoms with Crippen LogP contribution in [0.3, 0.4) is 0 Å². The Bertz CT molecular complexity index is 795. The molecule has 0 saturated heterocycles. The Morgan fingerprint density at radius 1 is 1.30 bits per heavy atom. The Morgan fingerprint density at radius 2 is 2.00 bits per heavy atom. The lowest BCUT2D eigenvalue weighted by molar-refractivity contribution is 0.589. The van der Waals surface area contributed by atoms with Crippen molar-refractivity contribution in [2.45, 2.75) is 6.54 Å². The zero-order valence-corrected chi connectivity index (χ0v) is 11.5. The van der Waals surface area contributed by atoms with E-state index >= 15 is 0 Å². The van der Waals surface area contributed by atoms with E-state index in [-0.39, 0.29) is 22.7 Å². The number of aryl methyl sites for hydroxylation is 1. The fraction of sp³-hybridized carbons (Fsp3) is 0.154. The van der Waals surface area contributed by atoms with Gasteiger partial charge < -0.3 is 14.9 Å². The zero-order chi connectivity index (χ0) is 14.9. The number of aromatic nitrogens is 2. The normalized spacial score (nSPS) is 10.5. The van der Waals surface area contributed by atoms with E-state index < -0.39 is 16.9 Å². The van der Waals surface area contributed by atoms with E-state index in [1.807, 2.05) is 0 Å². The van der Waals surface area contributed by atoms with Gasteiger partial charge >= 0.3 is 11.1 Å². The molecular formula is C13H12FN3O2S. The highest BCUT2D eigenvalue weighted by molar-refractivity contribution is 7.80. The average molecular weight is 293 g/mol. The van der Waals surface area contributed by atoms with Gasteiger partial charge in [0.2, 0.25) is 0 Å². The minimum absolute atomic E-state index is 0.0549. The fourth-order valence-corrected chi connectivity index (χ4v) is 1.95. The van der Waals surface area contributed by atoms with Crippen molar-refractivity contribution < 1.29 is 4.39 Å². The summed E-state index contributed by atoms with van der Waals surface area (Å²) in [5.74, 6) is -0.576.